The van der Waals surface area contributed by atoms with Crippen LogP contribution in [0.5, 0.6) is 0 Å². The van der Waals surface area contributed by atoms with Crippen LogP contribution in [0.15, 0.2) is 41.3 Å². The molecule has 1 saturated carbocycles. The highest BCUT2D eigenvalue weighted by atomic mass is 32.2. The summed E-state index contributed by atoms with van der Waals surface area (Å²) >= 11 is 0. The molecule has 154 valence electrons. The molecule has 1 N–H and O–H groups in total. The molecule has 1 heterocycles. The zero-order valence-electron chi connectivity index (χ0n) is 16.6. The van der Waals surface area contributed by atoms with E-state index in [-0.39, 0.29) is 4.90 Å². The van der Waals surface area contributed by atoms with E-state index in [1.807, 2.05) is 19.9 Å². The summed E-state index contributed by atoms with van der Waals surface area (Å²) in [6.07, 6.45) is 6.45. The number of aryl methyl sites for hydroxylation is 1. The lowest BCUT2D eigenvalue weighted by Crippen LogP contribution is -2.20. The largest absolute Gasteiger partial charge is 0.452 e. The first-order valence-corrected chi connectivity index (χ1v) is 11.2. The molecule has 29 heavy (non-hydrogen) atoms. The number of ether oxygens (including phenoxy) is 1. The molecule has 0 unspecified atom stereocenters. The molecule has 7 nitrogen and oxygen atoms in total. The molecular weight excluding hydrogens is 392 g/mol. The minimum atomic E-state index is -3.37. The zero-order valence-corrected chi connectivity index (χ0v) is 17.5. The molecular formula is C21H24N2O5S. The molecule has 1 aliphatic rings. The van der Waals surface area contributed by atoms with Gasteiger partial charge in [0, 0.05) is 35.4 Å². The van der Waals surface area contributed by atoms with Crippen molar-refractivity contribution in [3.63, 3.8) is 0 Å². The minimum absolute atomic E-state index is 0.0963. The van der Waals surface area contributed by atoms with Crippen molar-refractivity contribution >= 4 is 33.5 Å². The number of carbonyl (C=O) groups is 2. The number of nitrogens with one attached hydrogen (secondary N) is 1. The fourth-order valence-electron chi connectivity index (χ4n) is 3.21. The first-order valence-electron chi connectivity index (χ1n) is 9.28. The van der Waals surface area contributed by atoms with E-state index >= 15 is 0 Å². The van der Waals surface area contributed by atoms with Gasteiger partial charge in [-0.05, 0) is 62.6 Å². The van der Waals surface area contributed by atoms with Gasteiger partial charge in [0.1, 0.15) is 0 Å². The van der Waals surface area contributed by atoms with E-state index in [0.29, 0.717) is 11.7 Å². The molecule has 1 fully saturated rings. The van der Waals surface area contributed by atoms with Crippen LogP contribution in [0, 0.1) is 13.8 Å². The van der Waals surface area contributed by atoms with Gasteiger partial charge < -0.3 is 14.6 Å². The van der Waals surface area contributed by atoms with Gasteiger partial charge in [-0.1, -0.05) is 6.07 Å². The van der Waals surface area contributed by atoms with Crippen LogP contribution < -0.4 is 5.32 Å². The maximum absolute atomic E-state index is 12.0. The van der Waals surface area contributed by atoms with Gasteiger partial charge >= 0.3 is 5.97 Å². The normalized spacial score (nSPS) is 14.2. The lowest BCUT2D eigenvalue weighted by molar-refractivity contribution is -0.142. The summed E-state index contributed by atoms with van der Waals surface area (Å²) in [5.74, 6) is -1.18. The van der Waals surface area contributed by atoms with Crippen molar-refractivity contribution in [1.29, 1.82) is 0 Å². The molecule has 1 aromatic heterocycles. The highest BCUT2D eigenvalue weighted by Gasteiger charge is 2.26. The van der Waals surface area contributed by atoms with Crippen LogP contribution in [-0.4, -0.2) is 37.7 Å². The minimum Gasteiger partial charge on any atom is -0.452 e. The predicted molar refractivity (Wildman–Crippen MR) is 110 cm³/mol. The van der Waals surface area contributed by atoms with Crippen LogP contribution in [0.25, 0.3) is 6.08 Å². The number of anilines is 1. The van der Waals surface area contributed by atoms with Gasteiger partial charge in [-0.3, -0.25) is 4.79 Å². The second-order valence-electron chi connectivity index (χ2n) is 7.22. The number of benzene rings is 1. The molecule has 0 saturated heterocycles. The average molecular weight is 416 g/mol. The fraction of sp³-hybridized carbons (Fsp3) is 0.333. The maximum Gasteiger partial charge on any atom is 0.331 e. The number of nitrogens with zero attached hydrogens (tertiary/aromatic N) is 1. The molecule has 1 aromatic carbocycles. The number of amides is 1. The van der Waals surface area contributed by atoms with Gasteiger partial charge in [0.15, 0.2) is 16.4 Å². The number of esters is 1. The smallest absolute Gasteiger partial charge is 0.331 e. The topological polar surface area (TPSA) is 94.5 Å². The Morgan fingerprint density at radius 1 is 1.24 bits per heavy atom. The Labute approximate surface area is 170 Å². The van der Waals surface area contributed by atoms with Crippen LogP contribution in [0.1, 0.15) is 35.8 Å². The molecule has 0 radical (unpaired) electrons. The standard InChI is InChI=1S/C21H24N2O5S/c1-14-11-16(15(2)23(14)18-8-9-18)7-10-21(25)28-13-20(24)22-17-5-4-6-19(12-17)29(3,26)27/h4-7,10-12,18H,8-9,13H2,1-3H3,(H,22,24)/b10-7+. The van der Waals surface area contributed by atoms with Crippen molar-refractivity contribution in [1.82, 2.24) is 4.57 Å². The van der Waals surface area contributed by atoms with E-state index in [0.717, 1.165) is 23.2 Å². The van der Waals surface area contributed by atoms with Gasteiger partial charge in [0.05, 0.1) is 4.90 Å². The van der Waals surface area contributed by atoms with Crippen LogP contribution in [-0.2, 0) is 24.2 Å². The molecule has 0 bridgehead atoms. The van der Waals surface area contributed by atoms with Gasteiger partial charge in [0.2, 0.25) is 0 Å². The number of rotatable bonds is 7. The Balaban J connectivity index is 1.54. The third-order valence-electron chi connectivity index (χ3n) is 4.73. The molecule has 0 aliphatic heterocycles. The molecule has 0 spiro atoms. The van der Waals surface area contributed by atoms with Crippen LogP contribution in [0.2, 0.25) is 0 Å². The fourth-order valence-corrected chi connectivity index (χ4v) is 3.88. The predicted octanol–water partition coefficient (Wildman–Crippen LogP) is 3.04. The van der Waals surface area contributed by atoms with Gasteiger partial charge in [-0.2, -0.15) is 0 Å². The Hall–Kier alpha value is -2.87. The van der Waals surface area contributed by atoms with Crippen LogP contribution in [0.3, 0.4) is 0 Å². The van der Waals surface area contributed by atoms with Gasteiger partial charge in [-0.25, -0.2) is 13.2 Å². The summed E-state index contributed by atoms with van der Waals surface area (Å²) in [7, 11) is -3.37. The van der Waals surface area contributed by atoms with Crippen molar-refractivity contribution in [3.05, 3.63) is 53.4 Å². The lowest BCUT2D eigenvalue weighted by atomic mass is 10.2. The van der Waals surface area contributed by atoms with Gasteiger partial charge in [-0.15, -0.1) is 0 Å². The molecule has 1 amide bonds. The second kappa shape index (κ2) is 8.24. The zero-order chi connectivity index (χ0) is 21.2. The first-order chi connectivity index (χ1) is 13.6. The first kappa shape index (κ1) is 20.9. The lowest BCUT2D eigenvalue weighted by Gasteiger charge is -2.07. The molecule has 0 atom stereocenters. The third kappa shape index (κ3) is 5.35. The highest BCUT2D eigenvalue weighted by Crippen LogP contribution is 2.38. The van der Waals surface area contributed by atoms with Crippen molar-refractivity contribution in [2.75, 3.05) is 18.2 Å². The third-order valence-corrected chi connectivity index (χ3v) is 5.84. The van der Waals surface area contributed by atoms with E-state index in [9.17, 15) is 18.0 Å². The number of aromatic nitrogens is 1. The summed E-state index contributed by atoms with van der Waals surface area (Å²) in [5.41, 5.74) is 3.54. The highest BCUT2D eigenvalue weighted by molar-refractivity contribution is 7.90. The number of hydrogen-bond donors (Lipinski definition) is 1. The Bertz CT molecular complexity index is 1080. The number of hydrogen-bond acceptors (Lipinski definition) is 5. The number of carbonyl (C=O) groups excluding carboxylic acids is 2. The molecule has 2 aromatic rings. The van der Waals surface area contributed by atoms with E-state index < -0.39 is 28.3 Å². The van der Waals surface area contributed by atoms with E-state index in [1.54, 1.807) is 12.1 Å². The molecule has 3 rings (SSSR count). The SMILES string of the molecule is Cc1cc(/C=C/C(=O)OCC(=O)Nc2cccc(S(C)(=O)=O)c2)c(C)n1C1CC1. The van der Waals surface area contributed by atoms with E-state index in [2.05, 4.69) is 9.88 Å². The second-order valence-corrected chi connectivity index (χ2v) is 9.23. The Morgan fingerprint density at radius 3 is 2.62 bits per heavy atom. The van der Waals surface area contributed by atoms with Crippen LogP contribution >= 0.6 is 0 Å². The number of sulfone groups is 1. The average Bonchev–Trinajstić information content (AvgIpc) is 3.43. The maximum atomic E-state index is 12.0. The summed E-state index contributed by atoms with van der Waals surface area (Å²) in [6.45, 7) is 3.60. The summed E-state index contributed by atoms with van der Waals surface area (Å²) in [4.78, 5) is 24.0. The monoisotopic (exact) mass is 416 g/mol. The summed E-state index contributed by atoms with van der Waals surface area (Å²) in [6, 6.07) is 8.47. The van der Waals surface area contributed by atoms with E-state index in [4.69, 9.17) is 4.74 Å². The Morgan fingerprint density at radius 2 is 1.97 bits per heavy atom. The van der Waals surface area contributed by atoms with Crippen molar-refractivity contribution in [2.24, 2.45) is 0 Å². The van der Waals surface area contributed by atoms with Crippen molar-refractivity contribution < 1.29 is 22.7 Å². The van der Waals surface area contributed by atoms with Gasteiger partial charge in [0.25, 0.3) is 5.91 Å². The molecule has 1 aliphatic carbocycles. The summed E-state index contributed by atoms with van der Waals surface area (Å²) < 4.78 is 30.4. The quantitative estimate of drug-likeness (QED) is 0.553. The van der Waals surface area contributed by atoms with Crippen molar-refractivity contribution in [2.45, 2.75) is 37.6 Å². The van der Waals surface area contributed by atoms with Crippen molar-refractivity contribution in [3.8, 4) is 0 Å². The molecule has 8 heteroatoms. The summed E-state index contributed by atoms with van der Waals surface area (Å²) in [5, 5.41) is 2.51. The Kier molecular flexibility index (Phi) is 5.93. The van der Waals surface area contributed by atoms with Crippen LogP contribution in [0.4, 0.5) is 5.69 Å². The van der Waals surface area contributed by atoms with E-state index in [1.165, 1.54) is 37.1 Å².